The van der Waals surface area contributed by atoms with E-state index >= 15 is 0 Å². The van der Waals surface area contributed by atoms with E-state index in [0.717, 1.165) is 23.2 Å². The van der Waals surface area contributed by atoms with Crippen LogP contribution in [0.2, 0.25) is 0 Å². The predicted octanol–water partition coefficient (Wildman–Crippen LogP) is 0.460. The molecule has 0 saturated heterocycles. The minimum Gasteiger partial charge on any atom is -0.544 e. The molecule has 1 amide bonds. The number of para-hydroxylation sites is 1. The van der Waals surface area contributed by atoms with Crippen LogP contribution < -0.4 is 15.7 Å². The quantitative estimate of drug-likeness (QED) is 0.739. The standard InChI is InChI=1S/C19H22N2O3/c1-2-15-10-6-7-11-16(15)21-18(22)12-17(19(23)24)20-13-14-8-4-3-5-9-14/h3-11,17,20H,2,12-13H2,1H3,(H,21,22)(H,23,24)/t17-/m0/s1. The van der Waals surface area contributed by atoms with Crippen molar-refractivity contribution < 1.29 is 20.0 Å². The van der Waals surface area contributed by atoms with Crippen molar-refractivity contribution in [3.05, 3.63) is 65.7 Å². The molecule has 2 aromatic rings. The van der Waals surface area contributed by atoms with E-state index in [1.54, 1.807) is 5.32 Å². The first-order valence-electron chi connectivity index (χ1n) is 8.06. The summed E-state index contributed by atoms with van der Waals surface area (Å²) in [6.45, 7) is 2.49. The first-order chi connectivity index (χ1) is 11.6. The fraction of sp³-hybridized carbons (Fsp3) is 0.263. The number of amides is 1. The first-order valence-corrected chi connectivity index (χ1v) is 8.06. The summed E-state index contributed by atoms with van der Waals surface area (Å²) in [4.78, 5) is 23.5. The number of benzene rings is 2. The zero-order chi connectivity index (χ0) is 17.4. The zero-order valence-corrected chi connectivity index (χ0v) is 13.7. The van der Waals surface area contributed by atoms with E-state index < -0.39 is 12.0 Å². The van der Waals surface area contributed by atoms with Crippen LogP contribution in [0.4, 0.5) is 5.69 Å². The van der Waals surface area contributed by atoms with E-state index in [2.05, 4.69) is 5.32 Å². The van der Waals surface area contributed by atoms with Gasteiger partial charge in [0.25, 0.3) is 0 Å². The molecule has 0 radical (unpaired) electrons. The molecule has 0 saturated carbocycles. The van der Waals surface area contributed by atoms with Gasteiger partial charge in [0, 0.05) is 11.3 Å². The average Bonchev–Trinajstić information content (AvgIpc) is 2.59. The van der Waals surface area contributed by atoms with E-state index in [9.17, 15) is 14.7 Å². The molecule has 0 fully saturated rings. The highest BCUT2D eigenvalue weighted by Gasteiger charge is 2.19. The number of aryl methyl sites for hydroxylation is 1. The number of anilines is 1. The van der Waals surface area contributed by atoms with Crippen molar-refractivity contribution in [1.82, 2.24) is 0 Å². The third-order valence-corrected chi connectivity index (χ3v) is 3.86. The molecular formula is C19H22N2O3. The van der Waals surface area contributed by atoms with Gasteiger partial charge in [-0.2, -0.15) is 0 Å². The summed E-state index contributed by atoms with van der Waals surface area (Å²) in [6.07, 6.45) is 0.660. The number of carboxylic acid groups (broad SMARTS) is 1. The lowest BCUT2D eigenvalue weighted by atomic mass is 10.1. The van der Waals surface area contributed by atoms with Crippen LogP contribution in [0.5, 0.6) is 0 Å². The molecule has 24 heavy (non-hydrogen) atoms. The number of rotatable bonds is 8. The molecule has 2 rings (SSSR count). The molecule has 0 bridgehead atoms. The Morgan fingerprint density at radius 2 is 1.75 bits per heavy atom. The maximum absolute atomic E-state index is 12.2. The molecular weight excluding hydrogens is 304 g/mol. The fourth-order valence-corrected chi connectivity index (χ4v) is 2.51. The molecule has 3 N–H and O–H groups in total. The third-order valence-electron chi connectivity index (χ3n) is 3.86. The second-order valence-electron chi connectivity index (χ2n) is 5.61. The van der Waals surface area contributed by atoms with Crippen LogP contribution in [0.15, 0.2) is 54.6 Å². The Labute approximate surface area is 141 Å². The summed E-state index contributed by atoms with van der Waals surface area (Å²) in [5.74, 6) is -1.56. The van der Waals surface area contributed by atoms with Crippen molar-refractivity contribution in [2.24, 2.45) is 0 Å². The molecule has 5 nitrogen and oxygen atoms in total. The normalized spacial score (nSPS) is 11.7. The maximum Gasteiger partial charge on any atom is 0.230 e. The van der Waals surface area contributed by atoms with Crippen molar-refractivity contribution in [3.8, 4) is 0 Å². The molecule has 2 aromatic carbocycles. The van der Waals surface area contributed by atoms with Crippen molar-refractivity contribution in [2.45, 2.75) is 32.4 Å². The summed E-state index contributed by atoms with van der Waals surface area (Å²) in [7, 11) is 0. The van der Waals surface area contributed by atoms with Crippen molar-refractivity contribution >= 4 is 17.6 Å². The van der Waals surface area contributed by atoms with Crippen molar-refractivity contribution in [2.75, 3.05) is 5.32 Å². The fourth-order valence-electron chi connectivity index (χ4n) is 2.51. The Morgan fingerprint density at radius 3 is 2.42 bits per heavy atom. The number of aliphatic carboxylic acids is 1. The van der Waals surface area contributed by atoms with Crippen LogP contribution >= 0.6 is 0 Å². The van der Waals surface area contributed by atoms with Crippen LogP contribution in [0, 0.1) is 0 Å². The van der Waals surface area contributed by atoms with Gasteiger partial charge in [-0.15, -0.1) is 0 Å². The molecule has 0 heterocycles. The summed E-state index contributed by atoms with van der Waals surface area (Å²) >= 11 is 0. The summed E-state index contributed by atoms with van der Waals surface area (Å²) in [6, 6.07) is 16.1. The van der Waals surface area contributed by atoms with E-state index in [0.29, 0.717) is 6.54 Å². The molecule has 0 aromatic heterocycles. The zero-order valence-electron chi connectivity index (χ0n) is 13.7. The minimum absolute atomic E-state index is 0.132. The van der Waals surface area contributed by atoms with Gasteiger partial charge in [-0.3, -0.25) is 4.79 Å². The molecule has 0 unspecified atom stereocenters. The van der Waals surface area contributed by atoms with Gasteiger partial charge in [0.1, 0.15) is 12.6 Å². The highest BCUT2D eigenvalue weighted by molar-refractivity contribution is 5.94. The monoisotopic (exact) mass is 326 g/mol. The Hall–Kier alpha value is -2.66. The van der Waals surface area contributed by atoms with E-state index in [-0.39, 0.29) is 12.3 Å². The highest BCUT2D eigenvalue weighted by atomic mass is 16.4. The number of carbonyl (C=O) groups excluding carboxylic acids is 2. The molecule has 1 atom stereocenters. The first kappa shape index (κ1) is 17.7. The minimum atomic E-state index is -1.23. The highest BCUT2D eigenvalue weighted by Crippen LogP contribution is 2.15. The second-order valence-corrected chi connectivity index (χ2v) is 5.61. The SMILES string of the molecule is CCc1ccccc1NC(=O)C[C@H]([NH2+]Cc1ccccc1)C(=O)[O-]. The van der Waals surface area contributed by atoms with Gasteiger partial charge in [-0.1, -0.05) is 55.5 Å². The second kappa shape index (κ2) is 8.84. The van der Waals surface area contributed by atoms with Gasteiger partial charge in [-0.25, -0.2) is 0 Å². The molecule has 0 spiro atoms. The van der Waals surface area contributed by atoms with Crippen LogP contribution in [-0.4, -0.2) is 17.9 Å². The molecule has 0 aliphatic carbocycles. The number of carboxylic acids is 1. The maximum atomic E-state index is 12.2. The van der Waals surface area contributed by atoms with Gasteiger partial charge in [-0.05, 0) is 18.1 Å². The number of quaternary nitrogens is 1. The Bertz CT molecular complexity index is 686. The van der Waals surface area contributed by atoms with Gasteiger partial charge < -0.3 is 20.5 Å². The summed E-state index contributed by atoms with van der Waals surface area (Å²) in [5, 5.41) is 15.7. The lowest BCUT2D eigenvalue weighted by Crippen LogP contribution is -2.92. The van der Waals surface area contributed by atoms with Crippen LogP contribution in [0.25, 0.3) is 0 Å². The van der Waals surface area contributed by atoms with Gasteiger partial charge in [0.15, 0.2) is 0 Å². The van der Waals surface area contributed by atoms with Crippen LogP contribution in [0.3, 0.4) is 0 Å². The average molecular weight is 326 g/mol. The summed E-state index contributed by atoms with van der Waals surface area (Å²) < 4.78 is 0. The summed E-state index contributed by atoms with van der Waals surface area (Å²) in [5.41, 5.74) is 2.75. The lowest BCUT2D eigenvalue weighted by molar-refractivity contribution is -0.697. The Morgan fingerprint density at radius 1 is 1.08 bits per heavy atom. The number of hydrogen-bond acceptors (Lipinski definition) is 3. The predicted molar refractivity (Wildman–Crippen MR) is 89.9 cm³/mol. The number of nitrogens with two attached hydrogens (primary N) is 1. The Kier molecular flexibility index (Phi) is 6.51. The molecule has 126 valence electrons. The van der Waals surface area contributed by atoms with E-state index in [1.165, 1.54) is 0 Å². The molecule has 0 aliphatic rings. The smallest absolute Gasteiger partial charge is 0.230 e. The Balaban J connectivity index is 1.94. The number of nitrogens with one attached hydrogen (secondary N) is 1. The lowest BCUT2D eigenvalue weighted by Gasteiger charge is -2.17. The van der Waals surface area contributed by atoms with Gasteiger partial charge >= 0.3 is 0 Å². The molecule has 5 heteroatoms. The van der Waals surface area contributed by atoms with Crippen molar-refractivity contribution in [3.63, 3.8) is 0 Å². The number of hydrogen-bond donors (Lipinski definition) is 2. The van der Waals surface area contributed by atoms with Gasteiger partial charge in [0.2, 0.25) is 5.91 Å². The molecule has 0 aliphatic heterocycles. The largest absolute Gasteiger partial charge is 0.544 e. The topological polar surface area (TPSA) is 85.8 Å². The van der Waals surface area contributed by atoms with Crippen LogP contribution in [-0.2, 0) is 22.6 Å². The van der Waals surface area contributed by atoms with E-state index in [1.807, 2.05) is 61.5 Å². The van der Waals surface area contributed by atoms with Crippen LogP contribution in [0.1, 0.15) is 24.5 Å². The number of carbonyl (C=O) groups is 2. The third kappa shape index (κ3) is 5.21. The van der Waals surface area contributed by atoms with E-state index in [4.69, 9.17) is 0 Å². The van der Waals surface area contributed by atoms with Gasteiger partial charge in [0.05, 0.1) is 12.4 Å². The van der Waals surface area contributed by atoms with Crippen molar-refractivity contribution in [1.29, 1.82) is 0 Å².